The molecule has 0 bridgehead atoms. The number of benzene rings is 1. The van der Waals surface area contributed by atoms with Gasteiger partial charge < -0.3 is 15.4 Å². The van der Waals surface area contributed by atoms with Crippen molar-refractivity contribution in [2.24, 2.45) is 0 Å². The second-order valence-electron chi connectivity index (χ2n) is 4.97. The highest BCUT2D eigenvalue weighted by Gasteiger charge is 2.24. The van der Waals surface area contributed by atoms with Crippen molar-refractivity contribution in [3.8, 4) is 0 Å². The summed E-state index contributed by atoms with van der Waals surface area (Å²) in [5.74, 6) is -0.582. The molecule has 3 rings (SSSR count). The topological polar surface area (TPSA) is 84.5 Å². The fourth-order valence-corrected chi connectivity index (χ4v) is 2.71. The second-order valence-corrected chi connectivity index (χ2v) is 5.98. The molecule has 0 radical (unpaired) electrons. The molecule has 110 valence electrons. The molecule has 2 N–H and O–H groups in total. The Morgan fingerprint density at radius 2 is 2.19 bits per heavy atom. The number of thioether (sulfide) groups is 1. The first-order chi connectivity index (χ1) is 10.1. The number of hydrogen-bond acceptors (Lipinski definition) is 5. The van der Waals surface area contributed by atoms with E-state index in [-0.39, 0.29) is 24.5 Å². The number of ether oxygens (including phenoxy) is 1. The lowest BCUT2D eigenvalue weighted by Gasteiger charge is -2.16. The van der Waals surface area contributed by atoms with Gasteiger partial charge in [-0.1, -0.05) is 0 Å². The highest BCUT2D eigenvalue weighted by atomic mass is 32.2. The Labute approximate surface area is 125 Å². The molecule has 0 aromatic heterocycles. The molecule has 0 saturated heterocycles. The molecule has 0 atom stereocenters. The molecule has 0 spiro atoms. The van der Waals surface area contributed by atoms with Gasteiger partial charge >= 0.3 is 5.97 Å². The zero-order valence-electron chi connectivity index (χ0n) is 11.2. The molecule has 1 aromatic carbocycles. The van der Waals surface area contributed by atoms with Crippen LogP contribution in [-0.4, -0.2) is 36.2 Å². The summed E-state index contributed by atoms with van der Waals surface area (Å²) in [6, 6.07) is 5.21. The molecule has 21 heavy (non-hydrogen) atoms. The van der Waals surface area contributed by atoms with E-state index < -0.39 is 5.97 Å². The first-order valence-corrected chi connectivity index (χ1v) is 7.63. The summed E-state index contributed by atoms with van der Waals surface area (Å²) in [7, 11) is 0. The molecule has 2 aliphatic rings. The van der Waals surface area contributed by atoms with Gasteiger partial charge in [-0.2, -0.15) is 0 Å². The van der Waals surface area contributed by atoms with Crippen LogP contribution in [-0.2, 0) is 14.3 Å². The lowest BCUT2D eigenvalue weighted by Crippen LogP contribution is -2.30. The number of carbonyl (C=O) groups excluding carboxylic acids is 3. The van der Waals surface area contributed by atoms with E-state index in [1.54, 1.807) is 18.2 Å². The molecule has 6 nitrogen and oxygen atoms in total. The summed E-state index contributed by atoms with van der Waals surface area (Å²) in [6.45, 7) is -0.284. The summed E-state index contributed by atoms with van der Waals surface area (Å²) < 4.78 is 4.97. The molecular formula is C14H14N2O4S. The van der Waals surface area contributed by atoms with Crippen molar-refractivity contribution in [1.29, 1.82) is 0 Å². The van der Waals surface area contributed by atoms with Crippen molar-refractivity contribution in [3.05, 3.63) is 23.8 Å². The second kappa shape index (κ2) is 5.77. The predicted octanol–water partition coefficient (Wildman–Crippen LogP) is 1.17. The van der Waals surface area contributed by atoms with Gasteiger partial charge in [-0.15, -0.1) is 11.8 Å². The third kappa shape index (κ3) is 3.55. The van der Waals surface area contributed by atoms with Crippen LogP contribution in [0.1, 0.15) is 23.2 Å². The quantitative estimate of drug-likeness (QED) is 0.816. The Bertz CT molecular complexity index is 613. The van der Waals surface area contributed by atoms with Crippen LogP contribution in [0.4, 0.5) is 5.69 Å². The lowest BCUT2D eigenvalue weighted by molar-refractivity contribution is -0.124. The fraction of sp³-hybridized carbons (Fsp3) is 0.357. The van der Waals surface area contributed by atoms with Gasteiger partial charge in [0.05, 0.1) is 17.0 Å². The number of anilines is 1. The van der Waals surface area contributed by atoms with Crippen LogP contribution in [0.5, 0.6) is 0 Å². The molecule has 1 aliphatic carbocycles. The standard InChI is InChI=1S/C14H14N2O4S/c17-12(15-9-2-3-9)6-20-14(19)8-1-4-11-10(5-8)16-13(18)7-21-11/h1,4-5,9H,2-3,6-7H2,(H,15,17)(H,16,18). The summed E-state index contributed by atoms with van der Waals surface area (Å²) >= 11 is 1.42. The first-order valence-electron chi connectivity index (χ1n) is 6.65. The largest absolute Gasteiger partial charge is 0.452 e. The van der Waals surface area contributed by atoms with Crippen molar-refractivity contribution in [2.45, 2.75) is 23.8 Å². The van der Waals surface area contributed by atoms with Gasteiger partial charge in [-0.25, -0.2) is 4.79 Å². The summed E-state index contributed by atoms with van der Waals surface area (Å²) in [5, 5.41) is 5.45. The van der Waals surface area contributed by atoms with Gasteiger partial charge in [0.2, 0.25) is 5.91 Å². The molecule has 1 fully saturated rings. The molecule has 1 aliphatic heterocycles. The highest BCUT2D eigenvalue weighted by Crippen LogP contribution is 2.32. The minimum Gasteiger partial charge on any atom is -0.452 e. The van der Waals surface area contributed by atoms with Crippen LogP contribution in [0.15, 0.2) is 23.1 Å². The molecular weight excluding hydrogens is 292 g/mol. The maximum absolute atomic E-state index is 11.9. The number of carbonyl (C=O) groups is 3. The van der Waals surface area contributed by atoms with Gasteiger partial charge in [0.15, 0.2) is 6.61 Å². The van der Waals surface area contributed by atoms with Gasteiger partial charge in [-0.3, -0.25) is 9.59 Å². The molecule has 7 heteroatoms. The fourth-order valence-electron chi connectivity index (χ4n) is 1.92. The molecule has 2 amide bonds. The lowest BCUT2D eigenvalue weighted by atomic mass is 10.2. The Balaban J connectivity index is 1.60. The van der Waals surface area contributed by atoms with E-state index in [1.807, 2.05) is 0 Å². The van der Waals surface area contributed by atoms with Crippen LogP contribution >= 0.6 is 11.8 Å². The van der Waals surface area contributed by atoms with Crippen LogP contribution in [0.25, 0.3) is 0 Å². The SMILES string of the molecule is O=C1CSc2ccc(C(=O)OCC(=O)NC3CC3)cc2N1. The number of rotatable bonds is 4. The van der Waals surface area contributed by atoms with Crippen molar-refractivity contribution in [3.63, 3.8) is 0 Å². The van der Waals surface area contributed by atoms with E-state index in [9.17, 15) is 14.4 Å². The Morgan fingerprint density at radius 1 is 1.38 bits per heavy atom. The van der Waals surface area contributed by atoms with Gasteiger partial charge in [0.25, 0.3) is 5.91 Å². The van der Waals surface area contributed by atoms with E-state index in [4.69, 9.17) is 4.74 Å². The normalized spacial score (nSPS) is 16.7. The molecule has 1 aromatic rings. The van der Waals surface area contributed by atoms with Crippen molar-refractivity contribution < 1.29 is 19.1 Å². The van der Waals surface area contributed by atoms with E-state index in [1.165, 1.54) is 11.8 Å². The van der Waals surface area contributed by atoms with E-state index in [0.717, 1.165) is 17.7 Å². The average molecular weight is 306 g/mol. The maximum Gasteiger partial charge on any atom is 0.338 e. The number of hydrogen-bond donors (Lipinski definition) is 2. The molecule has 0 unspecified atom stereocenters. The average Bonchev–Trinajstić information content (AvgIpc) is 3.27. The zero-order chi connectivity index (χ0) is 14.8. The van der Waals surface area contributed by atoms with E-state index in [0.29, 0.717) is 17.0 Å². The van der Waals surface area contributed by atoms with Crippen LogP contribution in [0, 0.1) is 0 Å². The molecule has 1 saturated carbocycles. The number of esters is 1. The van der Waals surface area contributed by atoms with Gasteiger partial charge in [0, 0.05) is 10.9 Å². The minimum atomic E-state index is -0.575. The number of nitrogens with one attached hydrogen (secondary N) is 2. The van der Waals surface area contributed by atoms with Crippen LogP contribution in [0.3, 0.4) is 0 Å². The third-order valence-corrected chi connectivity index (χ3v) is 4.20. The van der Waals surface area contributed by atoms with Crippen LogP contribution in [0.2, 0.25) is 0 Å². The highest BCUT2D eigenvalue weighted by molar-refractivity contribution is 8.00. The van der Waals surface area contributed by atoms with E-state index in [2.05, 4.69) is 10.6 Å². The zero-order valence-corrected chi connectivity index (χ0v) is 12.0. The monoisotopic (exact) mass is 306 g/mol. The third-order valence-electron chi connectivity index (χ3n) is 3.12. The maximum atomic E-state index is 11.9. The molecule has 1 heterocycles. The van der Waals surface area contributed by atoms with E-state index >= 15 is 0 Å². The van der Waals surface area contributed by atoms with Gasteiger partial charge in [0.1, 0.15) is 0 Å². The summed E-state index contributed by atoms with van der Waals surface area (Å²) in [4.78, 5) is 35.6. The smallest absolute Gasteiger partial charge is 0.338 e. The van der Waals surface area contributed by atoms with Gasteiger partial charge in [-0.05, 0) is 31.0 Å². The number of fused-ring (bicyclic) bond motifs is 1. The Hall–Kier alpha value is -2.02. The van der Waals surface area contributed by atoms with Crippen LogP contribution < -0.4 is 10.6 Å². The van der Waals surface area contributed by atoms with Crippen molar-refractivity contribution in [1.82, 2.24) is 5.32 Å². The Morgan fingerprint density at radius 3 is 2.95 bits per heavy atom. The van der Waals surface area contributed by atoms with Crippen molar-refractivity contribution in [2.75, 3.05) is 17.7 Å². The first kappa shape index (κ1) is 13.9. The van der Waals surface area contributed by atoms with Crippen molar-refractivity contribution >= 4 is 35.2 Å². The predicted molar refractivity (Wildman–Crippen MR) is 77.2 cm³/mol. The summed E-state index contributed by atoms with van der Waals surface area (Å²) in [6.07, 6.45) is 1.98. The Kier molecular flexibility index (Phi) is 3.83. The minimum absolute atomic E-state index is 0.0955. The summed E-state index contributed by atoms with van der Waals surface area (Å²) in [5.41, 5.74) is 0.920. The number of amides is 2.